The quantitative estimate of drug-likeness (QED) is 0.195. The maximum absolute atomic E-state index is 14.3. The molecule has 53 heavy (non-hydrogen) atoms. The van der Waals surface area contributed by atoms with E-state index in [9.17, 15) is 19.2 Å². The van der Waals surface area contributed by atoms with Crippen LogP contribution in [0.5, 0.6) is 0 Å². The fraction of sp³-hybridized carbons (Fsp3) is 0.548. The molecule has 0 bridgehead atoms. The number of hydrogen-bond donors (Lipinski definition) is 4. The first-order valence-electron chi connectivity index (χ1n) is 19.1. The number of carbonyl (C=O) groups excluding carboxylic acids is 4. The second kappa shape index (κ2) is 17.2. The summed E-state index contributed by atoms with van der Waals surface area (Å²) in [6.07, 6.45) is 4.86. The zero-order valence-electron chi connectivity index (χ0n) is 32.2. The zero-order chi connectivity index (χ0) is 38.3. The molecule has 11 heteroatoms. The normalized spacial score (nSPS) is 21.1. The Morgan fingerprint density at radius 2 is 1.57 bits per heavy atom. The van der Waals surface area contributed by atoms with Gasteiger partial charge >= 0.3 is 0 Å². The van der Waals surface area contributed by atoms with E-state index in [1.807, 2.05) is 90.1 Å². The molecule has 3 aromatic rings. The van der Waals surface area contributed by atoms with Crippen molar-refractivity contribution in [1.82, 2.24) is 25.8 Å². The highest BCUT2D eigenvalue weighted by molar-refractivity contribution is 5.99. The molecule has 2 fully saturated rings. The van der Waals surface area contributed by atoms with Gasteiger partial charge in [-0.05, 0) is 90.3 Å². The molecule has 6 atom stereocenters. The second-order valence-corrected chi connectivity index (χ2v) is 16.9. The van der Waals surface area contributed by atoms with Gasteiger partial charge in [0.2, 0.25) is 17.7 Å². The number of nitrogens with two attached hydrogens (primary N) is 1. The molecule has 0 unspecified atom stereocenters. The Hall–Kier alpha value is -4.35. The number of pyridine rings is 1. The van der Waals surface area contributed by atoms with Crippen LogP contribution >= 0.6 is 0 Å². The molecule has 5 rings (SSSR count). The Bertz CT molecular complexity index is 1740. The molecule has 1 saturated heterocycles. The lowest BCUT2D eigenvalue weighted by Gasteiger charge is -2.48. The number of aromatic nitrogens is 1. The number of piperidine rings is 1. The smallest absolute Gasteiger partial charge is 0.270 e. The van der Waals surface area contributed by atoms with E-state index < -0.39 is 47.9 Å². The molecule has 1 aliphatic carbocycles. The van der Waals surface area contributed by atoms with Gasteiger partial charge in [0.05, 0.1) is 35.7 Å². The molecule has 0 radical (unpaired) electrons. The van der Waals surface area contributed by atoms with Gasteiger partial charge in [0.1, 0.15) is 11.7 Å². The number of likely N-dealkylation sites (tertiary alicyclic amines) is 1. The molecule has 5 N–H and O–H groups in total. The Kier molecular flexibility index (Phi) is 12.9. The number of nitrogens with one attached hydrogen (secondary N) is 3. The average molecular weight is 727 g/mol. The van der Waals surface area contributed by atoms with E-state index in [2.05, 4.69) is 25.8 Å². The van der Waals surface area contributed by atoms with E-state index in [0.717, 1.165) is 36.8 Å². The van der Waals surface area contributed by atoms with Gasteiger partial charge in [-0.2, -0.15) is 0 Å². The average Bonchev–Trinajstić information content (AvgIpc) is 3.09. The molecule has 1 aromatic heterocycles. The van der Waals surface area contributed by atoms with E-state index >= 15 is 0 Å². The van der Waals surface area contributed by atoms with Gasteiger partial charge < -0.3 is 26.4 Å². The number of fused-ring (bicyclic) bond motifs is 2. The Morgan fingerprint density at radius 1 is 0.887 bits per heavy atom. The number of amides is 4. The van der Waals surface area contributed by atoms with Crippen LogP contribution in [0.1, 0.15) is 96.1 Å². The van der Waals surface area contributed by atoms with E-state index in [0.29, 0.717) is 30.3 Å². The lowest BCUT2D eigenvalue weighted by Crippen LogP contribution is -2.62. The number of carbonyl (C=O) groups is 4. The summed E-state index contributed by atoms with van der Waals surface area (Å²) in [4.78, 5) is 60.7. The van der Waals surface area contributed by atoms with Gasteiger partial charge in [0.15, 0.2) is 0 Å². The van der Waals surface area contributed by atoms with Gasteiger partial charge in [0, 0.05) is 24.0 Å². The van der Waals surface area contributed by atoms with Crippen LogP contribution in [0.4, 0.5) is 0 Å². The largest absolute Gasteiger partial charge is 0.370 e. The maximum Gasteiger partial charge on any atom is 0.270 e. The second-order valence-electron chi connectivity index (χ2n) is 16.9. The van der Waals surface area contributed by atoms with Crippen LogP contribution in [0, 0.1) is 11.8 Å². The summed E-state index contributed by atoms with van der Waals surface area (Å²) >= 11 is 0. The summed E-state index contributed by atoms with van der Waals surface area (Å²) in [5, 5.41) is 10.00. The summed E-state index contributed by atoms with van der Waals surface area (Å²) < 4.78 is 6.82. The molecule has 2 aromatic carbocycles. The minimum atomic E-state index is -1.26. The third-order valence-corrected chi connectivity index (χ3v) is 10.2. The first-order valence-corrected chi connectivity index (χ1v) is 19.1. The first-order chi connectivity index (χ1) is 25.0. The Morgan fingerprint density at radius 3 is 2.25 bits per heavy atom. The van der Waals surface area contributed by atoms with Crippen molar-refractivity contribution in [1.29, 1.82) is 0 Å². The highest BCUT2D eigenvalue weighted by Crippen LogP contribution is 2.39. The van der Waals surface area contributed by atoms with Crippen LogP contribution in [0.15, 0.2) is 66.7 Å². The first kappa shape index (κ1) is 39.8. The Balaban J connectivity index is 1.45. The minimum Gasteiger partial charge on any atom is -0.370 e. The van der Waals surface area contributed by atoms with Gasteiger partial charge in [-0.1, -0.05) is 73.9 Å². The molecule has 2 aliphatic rings. The maximum atomic E-state index is 14.3. The number of nitrogens with zero attached hydrogens (tertiary/aromatic N) is 2. The molecular weight excluding hydrogens is 668 g/mol. The molecule has 1 saturated carbocycles. The van der Waals surface area contributed by atoms with Crippen molar-refractivity contribution in [3.05, 3.63) is 78.0 Å². The number of ether oxygens (including phenoxy) is 1. The van der Waals surface area contributed by atoms with Crippen molar-refractivity contribution in [3.8, 4) is 0 Å². The molecular formula is C42H58N6O5. The highest BCUT2D eigenvalue weighted by atomic mass is 16.5. The number of hydrogen-bond acceptors (Lipinski definition) is 7. The number of rotatable bonds is 13. The van der Waals surface area contributed by atoms with Crippen LogP contribution < -0.4 is 21.7 Å². The third-order valence-electron chi connectivity index (χ3n) is 10.2. The summed E-state index contributed by atoms with van der Waals surface area (Å²) in [6.45, 7) is 13.1. The van der Waals surface area contributed by atoms with Gasteiger partial charge in [-0.25, -0.2) is 4.98 Å². The fourth-order valence-corrected chi connectivity index (χ4v) is 7.82. The van der Waals surface area contributed by atoms with E-state index in [1.165, 1.54) is 12.8 Å². The molecule has 1 aliphatic heterocycles. The number of benzene rings is 2. The Labute approximate surface area is 314 Å². The van der Waals surface area contributed by atoms with Crippen LogP contribution in [0.3, 0.4) is 0 Å². The highest BCUT2D eigenvalue weighted by Gasteiger charge is 2.43. The molecule has 11 nitrogen and oxygen atoms in total. The standard InChI is InChI=1S/C42H58N6O5/c1-41(2,3)47-40(52)35-23-29-17-10-11-18-30(29)25-48(35)26-36(53-42(4,5)6)33(22-27-14-8-7-9-15-27)45-39(51)34(24-37(43)49)46-38(50)32-21-20-28-16-12-13-19-31(28)44-32/h7-9,12-16,19-21,29-30,33-36H,10-11,17-18,22-26H2,1-6H3,(H2,43,49)(H,45,51)(H,46,50)(H,47,52)/t29-,30+,33-,34-,35-,36+/m0/s1. The summed E-state index contributed by atoms with van der Waals surface area (Å²) in [5.41, 5.74) is 6.36. The van der Waals surface area contributed by atoms with Gasteiger partial charge in [0.25, 0.3) is 5.91 Å². The van der Waals surface area contributed by atoms with Crippen molar-refractivity contribution in [2.45, 2.75) is 122 Å². The van der Waals surface area contributed by atoms with Crippen LogP contribution in [-0.4, -0.2) is 82.0 Å². The summed E-state index contributed by atoms with van der Waals surface area (Å²) in [6, 6.07) is 18.4. The summed E-state index contributed by atoms with van der Waals surface area (Å²) in [7, 11) is 0. The number of para-hydroxylation sites is 1. The van der Waals surface area contributed by atoms with Crippen LogP contribution in [0.2, 0.25) is 0 Å². The fourth-order valence-electron chi connectivity index (χ4n) is 7.82. The zero-order valence-corrected chi connectivity index (χ0v) is 32.2. The van der Waals surface area contributed by atoms with E-state index in [-0.39, 0.29) is 23.2 Å². The van der Waals surface area contributed by atoms with Crippen molar-refractivity contribution < 1.29 is 23.9 Å². The molecule has 286 valence electrons. The van der Waals surface area contributed by atoms with Crippen molar-refractivity contribution in [3.63, 3.8) is 0 Å². The molecule has 4 amide bonds. The van der Waals surface area contributed by atoms with Crippen molar-refractivity contribution >= 4 is 34.5 Å². The van der Waals surface area contributed by atoms with Gasteiger partial charge in [-0.3, -0.25) is 24.1 Å². The summed E-state index contributed by atoms with van der Waals surface area (Å²) in [5.74, 6) is -0.906. The van der Waals surface area contributed by atoms with Crippen LogP contribution in [0.25, 0.3) is 10.9 Å². The molecule has 2 heterocycles. The van der Waals surface area contributed by atoms with Crippen molar-refractivity contribution in [2.24, 2.45) is 17.6 Å². The topological polar surface area (TPSA) is 156 Å². The number of primary amides is 1. The van der Waals surface area contributed by atoms with E-state index in [1.54, 1.807) is 18.2 Å². The predicted molar refractivity (Wildman–Crippen MR) is 207 cm³/mol. The van der Waals surface area contributed by atoms with Crippen molar-refractivity contribution in [2.75, 3.05) is 13.1 Å². The molecule has 0 spiro atoms. The van der Waals surface area contributed by atoms with E-state index in [4.69, 9.17) is 10.5 Å². The lowest BCUT2D eigenvalue weighted by atomic mass is 9.72. The third kappa shape index (κ3) is 11.6. The minimum absolute atomic E-state index is 0.00575. The van der Waals surface area contributed by atoms with Gasteiger partial charge in [-0.15, -0.1) is 0 Å². The lowest BCUT2D eigenvalue weighted by molar-refractivity contribution is -0.138. The predicted octanol–water partition coefficient (Wildman–Crippen LogP) is 4.92. The SMILES string of the molecule is CC(C)(C)NC(=O)[C@@H]1C[C@@H]2CCCC[C@@H]2CN1C[C@@H](OC(C)(C)C)[C@H](Cc1ccccc1)NC(=O)[C@H](CC(N)=O)NC(=O)c1ccc2ccccc2n1. The monoisotopic (exact) mass is 726 g/mol. The van der Waals surface area contributed by atoms with Crippen LogP contribution in [-0.2, 0) is 25.5 Å².